The van der Waals surface area contributed by atoms with Gasteiger partial charge in [0, 0.05) is 11.1 Å². The third-order valence-electron chi connectivity index (χ3n) is 4.73. The molecule has 0 radical (unpaired) electrons. The van der Waals surface area contributed by atoms with Crippen LogP contribution in [0.2, 0.25) is 0 Å². The van der Waals surface area contributed by atoms with E-state index < -0.39 is 0 Å². The molecule has 0 spiro atoms. The number of benzene rings is 3. The molecule has 3 aromatic carbocycles. The fourth-order valence-electron chi connectivity index (χ4n) is 3.48. The molecule has 0 saturated carbocycles. The maximum atomic E-state index is 8.88. The van der Waals surface area contributed by atoms with Crippen LogP contribution < -0.4 is 0 Å². The highest BCUT2D eigenvalue weighted by molar-refractivity contribution is 6.20. The fraction of sp³-hybridized carbons (Fsp3) is 0.0870. The van der Waals surface area contributed by atoms with Crippen molar-refractivity contribution >= 4 is 22.1 Å². The van der Waals surface area contributed by atoms with Gasteiger partial charge in [-0.25, -0.2) is 0 Å². The molecule has 0 unspecified atom stereocenters. The standard InChI is InChI=1S/C23H19N/c1-16-8-7-13-19(16)21-15-14-17-9-5-6-12-20(17)22(21)23(24)18-10-3-2-4-11-18/h2-12,14-15,24H,13H2,1H3. The lowest BCUT2D eigenvalue weighted by atomic mass is 9.87. The lowest BCUT2D eigenvalue weighted by Crippen LogP contribution is -2.06. The summed E-state index contributed by atoms with van der Waals surface area (Å²) in [7, 11) is 0. The maximum Gasteiger partial charge on any atom is 0.0696 e. The van der Waals surface area contributed by atoms with Gasteiger partial charge in [0.05, 0.1) is 5.71 Å². The van der Waals surface area contributed by atoms with Gasteiger partial charge >= 0.3 is 0 Å². The highest BCUT2D eigenvalue weighted by atomic mass is 14.4. The monoisotopic (exact) mass is 309 g/mol. The summed E-state index contributed by atoms with van der Waals surface area (Å²) in [5.74, 6) is 0. The number of allylic oxidation sites excluding steroid dienone is 4. The summed E-state index contributed by atoms with van der Waals surface area (Å²) in [5.41, 5.74) is 6.40. The first kappa shape index (κ1) is 14.6. The molecule has 116 valence electrons. The van der Waals surface area contributed by atoms with Gasteiger partial charge in [0.2, 0.25) is 0 Å². The van der Waals surface area contributed by atoms with E-state index in [2.05, 4.69) is 55.5 Å². The van der Waals surface area contributed by atoms with Gasteiger partial charge in [0.1, 0.15) is 0 Å². The van der Waals surface area contributed by atoms with E-state index in [1.165, 1.54) is 22.1 Å². The van der Waals surface area contributed by atoms with E-state index in [0.717, 1.165) is 22.9 Å². The largest absolute Gasteiger partial charge is 0.300 e. The Bertz CT molecular complexity index is 991. The SMILES string of the molecule is CC1=C(c2ccc3ccccc3c2C(=N)c2ccccc2)CC=C1. The molecule has 0 amide bonds. The maximum absolute atomic E-state index is 8.88. The quantitative estimate of drug-likeness (QED) is 0.575. The average Bonchev–Trinajstić information content (AvgIpc) is 3.06. The van der Waals surface area contributed by atoms with Crippen molar-refractivity contribution in [3.63, 3.8) is 0 Å². The number of fused-ring (bicyclic) bond motifs is 1. The number of nitrogens with one attached hydrogen (secondary N) is 1. The summed E-state index contributed by atoms with van der Waals surface area (Å²) < 4.78 is 0. The van der Waals surface area contributed by atoms with Gasteiger partial charge < -0.3 is 0 Å². The van der Waals surface area contributed by atoms with Crippen LogP contribution in [0.4, 0.5) is 0 Å². The van der Waals surface area contributed by atoms with E-state index in [0.29, 0.717) is 5.71 Å². The van der Waals surface area contributed by atoms with Crippen molar-refractivity contribution in [2.24, 2.45) is 0 Å². The topological polar surface area (TPSA) is 23.9 Å². The molecule has 0 aliphatic heterocycles. The molecule has 0 heterocycles. The molecule has 0 saturated heterocycles. The van der Waals surface area contributed by atoms with Gasteiger partial charge in [-0.3, -0.25) is 5.41 Å². The summed E-state index contributed by atoms with van der Waals surface area (Å²) in [5, 5.41) is 11.2. The predicted molar refractivity (Wildman–Crippen MR) is 103 cm³/mol. The van der Waals surface area contributed by atoms with E-state index in [9.17, 15) is 0 Å². The Labute approximate surface area is 142 Å². The molecular weight excluding hydrogens is 290 g/mol. The first-order valence-electron chi connectivity index (χ1n) is 8.28. The third kappa shape index (κ3) is 2.39. The molecule has 24 heavy (non-hydrogen) atoms. The summed E-state index contributed by atoms with van der Waals surface area (Å²) >= 11 is 0. The Morgan fingerprint density at radius 1 is 0.875 bits per heavy atom. The molecule has 1 heteroatoms. The Morgan fingerprint density at radius 2 is 1.62 bits per heavy atom. The van der Waals surface area contributed by atoms with Crippen LogP contribution >= 0.6 is 0 Å². The second-order valence-electron chi connectivity index (χ2n) is 6.22. The van der Waals surface area contributed by atoms with Crippen molar-refractivity contribution in [2.45, 2.75) is 13.3 Å². The molecule has 0 bridgehead atoms. The minimum Gasteiger partial charge on any atom is -0.300 e. The summed E-state index contributed by atoms with van der Waals surface area (Å²) in [4.78, 5) is 0. The Balaban J connectivity index is 2.01. The van der Waals surface area contributed by atoms with Crippen molar-refractivity contribution < 1.29 is 0 Å². The highest BCUT2D eigenvalue weighted by Crippen LogP contribution is 2.35. The van der Waals surface area contributed by atoms with Gasteiger partial charge in [0.25, 0.3) is 0 Å². The van der Waals surface area contributed by atoms with Crippen molar-refractivity contribution in [3.8, 4) is 0 Å². The van der Waals surface area contributed by atoms with Crippen LogP contribution in [0.1, 0.15) is 30.0 Å². The van der Waals surface area contributed by atoms with Crippen molar-refractivity contribution in [2.75, 3.05) is 0 Å². The van der Waals surface area contributed by atoms with E-state index in [-0.39, 0.29) is 0 Å². The smallest absolute Gasteiger partial charge is 0.0696 e. The first-order chi connectivity index (χ1) is 11.8. The minimum atomic E-state index is 0.592. The van der Waals surface area contributed by atoms with Gasteiger partial charge in [-0.1, -0.05) is 78.9 Å². The number of hydrogen-bond donors (Lipinski definition) is 1. The molecule has 1 N–H and O–H groups in total. The Hall–Kier alpha value is -2.93. The molecule has 1 nitrogen and oxygen atoms in total. The van der Waals surface area contributed by atoms with Crippen LogP contribution in [0.15, 0.2) is 84.5 Å². The predicted octanol–water partition coefficient (Wildman–Crippen LogP) is 5.99. The molecule has 1 aliphatic rings. The molecule has 1 aliphatic carbocycles. The van der Waals surface area contributed by atoms with Crippen LogP contribution in [-0.2, 0) is 0 Å². The fourth-order valence-corrected chi connectivity index (χ4v) is 3.48. The summed E-state index contributed by atoms with van der Waals surface area (Å²) in [6.07, 6.45) is 5.33. The van der Waals surface area contributed by atoms with Crippen LogP contribution in [0.5, 0.6) is 0 Å². The number of rotatable bonds is 3. The molecule has 4 rings (SSSR count). The van der Waals surface area contributed by atoms with Gasteiger partial charge in [-0.2, -0.15) is 0 Å². The van der Waals surface area contributed by atoms with Crippen molar-refractivity contribution in [3.05, 3.63) is 101 Å². The van der Waals surface area contributed by atoms with Gasteiger partial charge in [-0.15, -0.1) is 0 Å². The first-order valence-corrected chi connectivity index (χ1v) is 8.28. The molecule has 0 aromatic heterocycles. The van der Waals surface area contributed by atoms with Gasteiger partial charge in [0.15, 0.2) is 0 Å². The summed E-state index contributed by atoms with van der Waals surface area (Å²) in [6.45, 7) is 2.16. The highest BCUT2D eigenvalue weighted by Gasteiger charge is 2.18. The lowest BCUT2D eigenvalue weighted by molar-refractivity contribution is 1.39. The van der Waals surface area contributed by atoms with Crippen LogP contribution in [0.3, 0.4) is 0 Å². The summed E-state index contributed by atoms with van der Waals surface area (Å²) in [6, 6.07) is 22.7. The van der Waals surface area contributed by atoms with Crippen LogP contribution in [0.25, 0.3) is 16.3 Å². The van der Waals surface area contributed by atoms with Crippen LogP contribution in [0, 0.1) is 5.41 Å². The average molecular weight is 309 g/mol. The third-order valence-corrected chi connectivity index (χ3v) is 4.73. The zero-order valence-electron chi connectivity index (χ0n) is 13.7. The zero-order valence-corrected chi connectivity index (χ0v) is 13.7. The Kier molecular flexibility index (Phi) is 3.62. The van der Waals surface area contributed by atoms with E-state index in [4.69, 9.17) is 5.41 Å². The Morgan fingerprint density at radius 3 is 2.38 bits per heavy atom. The molecular formula is C23H19N. The van der Waals surface area contributed by atoms with E-state index in [1.807, 2.05) is 30.3 Å². The normalized spacial score (nSPS) is 13.7. The molecule has 3 aromatic rings. The lowest BCUT2D eigenvalue weighted by Gasteiger charge is -2.16. The minimum absolute atomic E-state index is 0.592. The number of hydrogen-bond acceptors (Lipinski definition) is 1. The van der Waals surface area contributed by atoms with Gasteiger partial charge in [-0.05, 0) is 40.8 Å². The second-order valence-corrected chi connectivity index (χ2v) is 6.22. The van der Waals surface area contributed by atoms with Crippen molar-refractivity contribution in [1.29, 1.82) is 5.41 Å². The van der Waals surface area contributed by atoms with Crippen molar-refractivity contribution in [1.82, 2.24) is 0 Å². The van der Waals surface area contributed by atoms with E-state index >= 15 is 0 Å². The molecule has 0 fully saturated rings. The van der Waals surface area contributed by atoms with Crippen LogP contribution in [-0.4, -0.2) is 5.71 Å². The second kappa shape index (κ2) is 5.93. The van der Waals surface area contributed by atoms with E-state index in [1.54, 1.807) is 0 Å². The molecule has 0 atom stereocenters. The zero-order chi connectivity index (χ0) is 16.5.